The fraction of sp³-hybridized carbons (Fsp3) is 0.700. The van der Waals surface area contributed by atoms with Crippen LogP contribution >= 0.6 is 34.9 Å². The molecule has 1 amide bonds. The molecule has 0 atom stereocenters. The third-order valence-corrected chi connectivity index (χ3v) is 5.49. The number of rotatable bonds is 5. The van der Waals surface area contributed by atoms with Gasteiger partial charge >= 0.3 is 0 Å². The molecule has 1 aromatic heterocycles. The van der Waals surface area contributed by atoms with Gasteiger partial charge in [0.25, 0.3) is 0 Å². The Hall–Kier alpha value is -0.270. The number of carbonyl (C=O) groups excluding carboxylic acids is 1. The van der Waals surface area contributed by atoms with E-state index in [2.05, 4.69) is 17.1 Å². The monoisotopic (exact) mass is 289 g/mol. The Morgan fingerprint density at radius 3 is 2.59 bits per heavy atom. The predicted octanol–water partition coefficient (Wildman–Crippen LogP) is 2.36. The Kier molecular flexibility index (Phi) is 5.12. The Bertz CT molecular complexity index is 377. The molecule has 0 aliphatic carbocycles. The van der Waals surface area contributed by atoms with Crippen LogP contribution in [0.4, 0.5) is 0 Å². The van der Waals surface area contributed by atoms with E-state index in [-0.39, 0.29) is 5.91 Å². The largest absolute Gasteiger partial charge is 0.342 e. The van der Waals surface area contributed by atoms with Crippen LogP contribution in [0.1, 0.15) is 19.8 Å². The van der Waals surface area contributed by atoms with E-state index < -0.39 is 0 Å². The molecule has 2 heterocycles. The molecule has 1 saturated heterocycles. The maximum atomic E-state index is 11.8. The lowest BCUT2D eigenvalue weighted by atomic mass is 10.4. The quantitative estimate of drug-likeness (QED) is 0.779. The van der Waals surface area contributed by atoms with Gasteiger partial charge in [0.1, 0.15) is 0 Å². The standard InChI is InChI=1S/C10H15N3OS3/c1-2-15-9-11-12-10(17-9)16-7-8(14)13-5-3-4-6-13/h2-7H2,1H3. The SMILES string of the molecule is CCSc1nnc(SCC(=O)N2CCCC2)s1. The molecule has 0 spiro atoms. The zero-order valence-corrected chi connectivity index (χ0v) is 12.2. The van der Waals surface area contributed by atoms with Crippen LogP contribution in [0, 0.1) is 0 Å². The lowest BCUT2D eigenvalue weighted by Crippen LogP contribution is -2.29. The number of hydrogen-bond donors (Lipinski definition) is 0. The molecule has 94 valence electrons. The van der Waals surface area contributed by atoms with Crippen molar-refractivity contribution in [3.63, 3.8) is 0 Å². The highest BCUT2D eigenvalue weighted by Gasteiger charge is 2.18. The Labute approximate surface area is 114 Å². The second-order valence-corrected chi connectivity index (χ2v) is 7.35. The van der Waals surface area contributed by atoms with Crippen molar-refractivity contribution in [2.24, 2.45) is 0 Å². The minimum atomic E-state index is 0.229. The molecule has 0 radical (unpaired) electrons. The molecule has 0 unspecified atom stereocenters. The first-order valence-electron chi connectivity index (χ1n) is 5.66. The molecule has 17 heavy (non-hydrogen) atoms. The number of thioether (sulfide) groups is 2. The summed E-state index contributed by atoms with van der Waals surface area (Å²) >= 11 is 4.77. The summed E-state index contributed by atoms with van der Waals surface area (Å²) < 4.78 is 1.89. The number of likely N-dealkylation sites (tertiary alicyclic amines) is 1. The highest BCUT2D eigenvalue weighted by molar-refractivity contribution is 8.03. The van der Waals surface area contributed by atoms with Crippen molar-refractivity contribution in [2.45, 2.75) is 28.4 Å². The molecule has 4 nitrogen and oxygen atoms in total. The van der Waals surface area contributed by atoms with Crippen LogP contribution in [-0.4, -0.2) is 45.6 Å². The topological polar surface area (TPSA) is 46.1 Å². The zero-order valence-electron chi connectivity index (χ0n) is 9.72. The van der Waals surface area contributed by atoms with E-state index in [1.807, 2.05) is 4.90 Å². The minimum absolute atomic E-state index is 0.229. The van der Waals surface area contributed by atoms with Gasteiger partial charge in [0, 0.05) is 13.1 Å². The van der Waals surface area contributed by atoms with Crippen LogP contribution in [0.2, 0.25) is 0 Å². The van der Waals surface area contributed by atoms with Crippen molar-refractivity contribution < 1.29 is 4.79 Å². The highest BCUT2D eigenvalue weighted by Crippen LogP contribution is 2.28. The van der Waals surface area contributed by atoms with E-state index in [0.717, 1.165) is 40.4 Å². The fourth-order valence-electron chi connectivity index (χ4n) is 1.62. The van der Waals surface area contributed by atoms with Crippen molar-refractivity contribution >= 4 is 40.8 Å². The number of hydrogen-bond acceptors (Lipinski definition) is 6. The molecule has 1 aromatic rings. The molecule has 0 N–H and O–H groups in total. The smallest absolute Gasteiger partial charge is 0.233 e. The van der Waals surface area contributed by atoms with E-state index >= 15 is 0 Å². The van der Waals surface area contributed by atoms with Crippen LogP contribution in [0.25, 0.3) is 0 Å². The summed E-state index contributed by atoms with van der Waals surface area (Å²) in [5.74, 6) is 1.73. The Morgan fingerprint density at radius 2 is 1.94 bits per heavy atom. The van der Waals surface area contributed by atoms with Crippen molar-refractivity contribution in [1.29, 1.82) is 0 Å². The lowest BCUT2D eigenvalue weighted by Gasteiger charge is -2.13. The van der Waals surface area contributed by atoms with Gasteiger partial charge in [0.15, 0.2) is 8.68 Å². The fourth-order valence-corrected chi connectivity index (χ4v) is 4.44. The maximum Gasteiger partial charge on any atom is 0.233 e. The average molecular weight is 289 g/mol. The van der Waals surface area contributed by atoms with Gasteiger partial charge in [-0.05, 0) is 18.6 Å². The molecular weight excluding hydrogens is 274 g/mol. The van der Waals surface area contributed by atoms with E-state index in [4.69, 9.17) is 0 Å². The van der Waals surface area contributed by atoms with Crippen LogP contribution < -0.4 is 0 Å². The van der Waals surface area contributed by atoms with E-state index in [1.54, 1.807) is 23.1 Å². The number of nitrogens with zero attached hydrogens (tertiary/aromatic N) is 3. The van der Waals surface area contributed by atoms with Crippen LogP contribution in [0.5, 0.6) is 0 Å². The third kappa shape index (κ3) is 3.86. The summed E-state index contributed by atoms with van der Waals surface area (Å²) in [6.07, 6.45) is 2.29. The highest BCUT2D eigenvalue weighted by atomic mass is 32.2. The summed E-state index contributed by atoms with van der Waals surface area (Å²) in [5.41, 5.74) is 0. The lowest BCUT2D eigenvalue weighted by molar-refractivity contribution is -0.127. The molecule has 0 saturated carbocycles. The van der Waals surface area contributed by atoms with Crippen molar-refractivity contribution in [3.05, 3.63) is 0 Å². The van der Waals surface area contributed by atoms with Gasteiger partial charge in [-0.3, -0.25) is 4.79 Å². The van der Waals surface area contributed by atoms with Gasteiger partial charge in [0.2, 0.25) is 5.91 Å². The van der Waals surface area contributed by atoms with Crippen LogP contribution in [0.15, 0.2) is 8.68 Å². The molecule has 1 fully saturated rings. The van der Waals surface area contributed by atoms with Crippen LogP contribution in [0.3, 0.4) is 0 Å². The molecule has 7 heteroatoms. The van der Waals surface area contributed by atoms with Crippen molar-refractivity contribution in [1.82, 2.24) is 15.1 Å². The molecule has 1 aliphatic rings. The van der Waals surface area contributed by atoms with E-state index in [0.29, 0.717) is 5.75 Å². The normalized spacial score (nSPS) is 15.5. The third-order valence-electron chi connectivity index (χ3n) is 2.43. The first-order valence-corrected chi connectivity index (χ1v) is 8.45. The van der Waals surface area contributed by atoms with Crippen molar-refractivity contribution in [2.75, 3.05) is 24.6 Å². The van der Waals surface area contributed by atoms with Gasteiger partial charge in [-0.1, -0.05) is 41.8 Å². The van der Waals surface area contributed by atoms with E-state index in [9.17, 15) is 4.79 Å². The van der Waals surface area contributed by atoms with Gasteiger partial charge in [-0.2, -0.15) is 0 Å². The predicted molar refractivity (Wildman–Crippen MR) is 72.8 cm³/mol. The molecule has 1 aliphatic heterocycles. The summed E-state index contributed by atoms with van der Waals surface area (Å²) in [7, 11) is 0. The van der Waals surface area contributed by atoms with Gasteiger partial charge < -0.3 is 4.90 Å². The Morgan fingerprint density at radius 1 is 1.29 bits per heavy atom. The number of aromatic nitrogens is 2. The Balaban J connectivity index is 1.78. The van der Waals surface area contributed by atoms with Crippen molar-refractivity contribution in [3.8, 4) is 0 Å². The molecule has 2 rings (SSSR count). The van der Waals surface area contributed by atoms with E-state index in [1.165, 1.54) is 11.8 Å². The van der Waals surface area contributed by atoms with Gasteiger partial charge in [-0.15, -0.1) is 10.2 Å². The number of carbonyl (C=O) groups is 1. The molecular formula is C10H15N3OS3. The molecule has 0 aromatic carbocycles. The summed E-state index contributed by atoms with van der Waals surface area (Å²) in [4.78, 5) is 13.7. The first kappa shape index (κ1) is 13.2. The van der Waals surface area contributed by atoms with Gasteiger partial charge in [0.05, 0.1) is 5.75 Å². The second kappa shape index (κ2) is 6.61. The second-order valence-electron chi connectivity index (χ2n) is 3.64. The summed E-state index contributed by atoms with van der Waals surface area (Å²) in [6, 6.07) is 0. The summed E-state index contributed by atoms with van der Waals surface area (Å²) in [5, 5.41) is 8.14. The minimum Gasteiger partial charge on any atom is -0.342 e. The maximum absolute atomic E-state index is 11.8. The van der Waals surface area contributed by atoms with Gasteiger partial charge in [-0.25, -0.2) is 0 Å². The average Bonchev–Trinajstić information content (AvgIpc) is 2.97. The molecule has 0 bridgehead atoms. The summed E-state index contributed by atoms with van der Waals surface area (Å²) in [6.45, 7) is 3.94. The number of amides is 1. The zero-order chi connectivity index (χ0) is 12.1. The van der Waals surface area contributed by atoms with Crippen LogP contribution in [-0.2, 0) is 4.79 Å². The first-order chi connectivity index (χ1) is 8.29.